The number of nitrogens with two attached hydrogens (primary N) is 2. The molecule has 0 saturated heterocycles. The number of hydrogen-bond acceptors (Lipinski definition) is 3. The average Bonchev–Trinajstić information content (AvgIpc) is 2.08. The van der Waals surface area contributed by atoms with Gasteiger partial charge >= 0.3 is 0 Å². The van der Waals surface area contributed by atoms with Crippen molar-refractivity contribution in [1.29, 1.82) is 0 Å². The van der Waals surface area contributed by atoms with Crippen molar-refractivity contribution in [3.8, 4) is 0 Å². The largest absolute Gasteiger partial charge is 0.398 e. The third-order valence-corrected chi connectivity index (χ3v) is 2.60. The van der Waals surface area contributed by atoms with Crippen molar-refractivity contribution >= 4 is 28.3 Å². The average molecular weight is 292 g/mol. The lowest BCUT2D eigenvalue weighted by Crippen LogP contribution is -2.24. The molecule has 1 rings (SSSR count). The number of halogens is 1. The molecule has 0 heterocycles. The van der Waals surface area contributed by atoms with E-state index in [4.69, 9.17) is 11.5 Å². The Balaban J connectivity index is 3.05. The van der Waals surface area contributed by atoms with Crippen LogP contribution in [0.3, 0.4) is 0 Å². The molecule has 0 amide bonds. The van der Waals surface area contributed by atoms with E-state index < -0.39 is 12.1 Å². The van der Waals surface area contributed by atoms with Crippen molar-refractivity contribution in [2.75, 3.05) is 5.73 Å². The maximum Gasteiger partial charge on any atom is 0.0705 e. The van der Waals surface area contributed by atoms with Crippen molar-refractivity contribution in [2.24, 2.45) is 5.73 Å². The van der Waals surface area contributed by atoms with Gasteiger partial charge in [-0.25, -0.2) is 0 Å². The highest BCUT2D eigenvalue weighted by atomic mass is 127. The maximum absolute atomic E-state index is 9.31. The van der Waals surface area contributed by atoms with Crippen LogP contribution in [0.1, 0.15) is 18.5 Å². The summed E-state index contributed by atoms with van der Waals surface area (Å²) in [6.07, 6.45) is -0.583. The summed E-state index contributed by atoms with van der Waals surface area (Å²) < 4.78 is 1.07. The molecule has 0 aliphatic heterocycles. The molecule has 3 nitrogen and oxygen atoms in total. The second-order valence-electron chi connectivity index (χ2n) is 3.04. The molecule has 5 N–H and O–H groups in total. The normalized spacial score (nSPS) is 15.4. The van der Waals surface area contributed by atoms with Crippen molar-refractivity contribution in [2.45, 2.75) is 19.1 Å². The van der Waals surface area contributed by atoms with Gasteiger partial charge in [-0.05, 0) is 53.3 Å². The van der Waals surface area contributed by atoms with Gasteiger partial charge in [0.25, 0.3) is 0 Å². The van der Waals surface area contributed by atoms with Gasteiger partial charge in [0.05, 0.1) is 12.1 Å². The van der Waals surface area contributed by atoms with Gasteiger partial charge in [-0.15, -0.1) is 0 Å². The van der Waals surface area contributed by atoms with Crippen molar-refractivity contribution in [1.82, 2.24) is 0 Å². The number of aliphatic hydroxyl groups excluding tert-OH is 1. The van der Waals surface area contributed by atoms with Gasteiger partial charge in [-0.2, -0.15) is 0 Å². The molecule has 1 aromatic carbocycles. The number of benzene rings is 1. The van der Waals surface area contributed by atoms with Gasteiger partial charge in [0, 0.05) is 9.26 Å². The van der Waals surface area contributed by atoms with Crippen LogP contribution in [0.4, 0.5) is 5.69 Å². The lowest BCUT2D eigenvalue weighted by molar-refractivity contribution is 0.164. The van der Waals surface area contributed by atoms with E-state index in [9.17, 15) is 5.11 Å². The van der Waals surface area contributed by atoms with E-state index in [0.29, 0.717) is 5.69 Å². The third kappa shape index (κ3) is 2.55. The van der Waals surface area contributed by atoms with Gasteiger partial charge in [0.15, 0.2) is 0 Å². The molecule has 1 aromatic rings. The van der Waals surface area contributed by atoms with Crippen molar-refractivity contribution in [3.63, 3.8) is 0 Å². The number of anilines is 1. The fourth-order valence-corrected chi connectivity index (χ4v) is 1.61. The fraction of sp³-hybridized carbons (Fsp3) is 0.333. The van der Waals surface area contributed by atoms with Crippen LogP contribution in [0.25, 0.3) is 0 Å². The third-order valence-electron chi connectivity index (χ3n) is 1.93. The molecule has 72 valence electrons. The molecule has 0 saturated carbocycles. The summed E-state index contributed by atoms with van der Waals surface area (Å²) in [5.74, 6) is 0. The topological polar surface area (TPSA) is 72.3 Å². The smallest absolute Gasteiger partial charge is 0.0705 e. The lowest BCUT2D eigenvalue weighted by Gasteiger charge is -2.17. The first kappa shape index (κ1) is 10.7. The standard InChI is InChI=1S/C9H13IN2O/c1-5(13)9(12)7-4-6(10)2-3-8(7)11/h2-5,9,13H,11-12H2,1H3/t5-,9-/m0/s1. The monoisotopic (exact) mass is 292 g/mol. The predicted molar refractivity (Wildman–Crippen MR) is 62.2 cm³/mol. The zero-order valence-corrected chi connectivity index (χ0v) is 9.52. The molecule has 0 aliphatic rings. The van der Waals surface area contributed by atoms with Gasteiger partial charge in [-0.1, -0.05) is 0 Å². The summed E-state index contributed by atoms with van der Waals surface area (Å²) in [6.45, 7) is 1.66. The van der Waals surface area contributed by atoms with Gasteiger partial charge in [0.2, 0.25) is 0 Å². The highest BCUT2D eigenvalue weighted by molar-refractivity contribution is 14.1. The van der Waals surface area contributed by atoms with Crippen LogP contribution in [-0.4, -0.2) is 11.2 Å². The van der Waals surface area contributed by atoms with Crippen LogP contribution in [0.15, 0.2) is 18.2 Å². The van der Waals surface area contributed by atoms with Crippen LogP contribution >= 0.6 is 22.6 Å². The SMILES string of the molecule is C[C@H](O)[C@H](N)c1cc(I)ccc1N. The second kappa shape index (κ2) is 4.26. The van der Waals surface area contributed by atoms with Crippen LogP contribution in [-0.2, 0) is 0 Å². The van der Waals surface area contributed by atoms with Crippen LogP contribution in [0.5, 0.6) is 0 Å². The summed E-state index contributed by atoms with van der Waals surface area (Å²) in [7, 11) is 0. The summed E-state index contributed by atoms with van der Waals surface area (Å²) in [6, 6.07) is 5.20. The molecule has 0 bridgehead atoms. The van der Waals surface area contributed by atoms with E-state index in [1.165, 1.54) is 0 Å². The quantitative estimate of drug-likeness (QED) is 0.567. The highest BCUT2D eigenvalue weighted by Crippen LogP contribution is 2.23. The molecule has 0 radical (unpaired) electrons. The van der Waals surface area contributed by atoms with E-state index in [-0.39, 0.29) is 0 Å². The first-order valence-corrected chi connectivity index (χ1v) is 5.09. The van der Waals surface area contributed by atoms with E-state index in [0.717, 1.165) is 9.13 Å². The van der Waals surface area contributed by atoms with E-state index in [1.54, 1.807) is 13.0 Å². The minimum absolute atomic E-state index is 0.408. The molecule has 0 unspecified atom stereocenters. The predicted octanol–water partition coefficient (Wildman–Crippen LogP) is 1.25. The van der Waals surface area contributed by atoms with Crippen LogP contribution < -0.4 is 11.5 Å². The maximum atomic E-state index is 9.31. The molecular formula is C9H13IN2O. The lowest BCUT2D eigenvalue weighted by atomic mass is 10.0. The Morgan fingerprint density at radius 2 is 2.08 bits per heavy atom. The Morgan fingerprint density at radius 3 is 2.62 bits per heavy atom. The number of hydrogen-bond donors (Lipinski definition) is 3. The molecule has 13 heavy (non-hydrogen) atoms. The van der Waals surface area contributed by atoms with Gasteiger partial charge < -0.3 is 16.6 Å². The zero-order valence-electron chi connectivity index (χ0n) is 7.37. The summed E-state index contributed by atoms with van der Waals surface area (Å²) in [5, 5.41) is 9.31. The Labute approximate surface area is 91.3 Å². The summed E-state index contributed by atoms with van der Waals surface area (Å²) >= 11 is 2.19. The first-order valence-electron chi connectivity index (χ1n) is 4.01. The minimum Gasteiger partial charge on any atom is -0.398 e. The minimum atomic E-state index is -0.583. The van der Waals surface area contributed by atoms with Gasteiger partial charge in [0.1, 0.15) is 0 Å². The Bertz CT molecular complexity index is 302. The van der Waals surface area contributed by atoms with Crippen LogP contribution in [0.2, 0.25) is 0 Å². The molecule has 0 fully saturated rings. The van der Waals surface area contributed by atoms with Crippen LogP contribution in [0, 0.1) is 3.57 Å². The molecule has 0 spiro atoms. The highest BCUT2D eigenvalue weighted by Gasteiger charge is 2.14. The number of nitrogen functional groups attached to an aromatic ring is 1. The second-order valence-corrected chi connectivity index (χ2v) is 4.29. The molecule has 0 aromatic heterocycles. The number of aliphatic hydroxyl groups is 1. The Hall–Kier alpha value is -0.330. The summed E-state index contributed by atoms with van der Waals surface area (Å²) in [4.78, 5) is 0. The molecule has 0 aliphatic carbocycles. The molecule has 4 heteroatoms. The Morgan fingerprint density at radius 1 is 1.46 bits per heavy atom. The summed E-state index contributed by atoms with van der Waals surface area (Å²) in [5.41, 5.74) is 12.9. The van der Waals surface area contributed by atoms with E-state index in [2.05, 4.69) is 22.6 Å². The van der Waals surface area contributed by atoms with E-state index >= 15 is 0 Å². The zero-order chi connectivity index (χ0) is 10.0. The van der Waals surface area contributed by atoms with Crippen molar-refractivity contribution in [3.05, 3.63) is 27.3 Å². The fourth-order valence-electron chi connectivity index (χ4n) is 1.09. The molecular weight excluding hydrogens is 279 g/mol. The van der Waals surface area contributed by atoms with E-state index in [1.807, 2.05) is 12.1 Å². The van der Waals surface area contributed by atoms with Crippen molar-refractivity contribution < 1.29 is 5.11 Å². The number of rotatable bonds is 2. The van der Waals surface area contributed by atoms with Gasteiger partial charge in [-0.3, -0.25) is 0 Å². The Kier molecular flexibility index (Phi) is 3.52. The first-order chi connectivity index (χ1) is 6.02. The molecule has 2 atom stereocenters.